The number of sulfonamides is 1. The van der Waals surface area contributed by atoms with Crippen LogP contribution in [0.25, 0.3) is 22.0 Å². The van der Waals surface area contributed by atoms with Gasteiger partial charge < -0.3 is 34.5 Å². The number of halogens is 3. The number of allylic oxidation sites excluding steroid dienone is 1. The topological polar surface area (TPSA) is 204 Å². The van der Waals surface area contributed by atoms with E-state index in [2.05, 4.69) is 20.3 Å². The number of carbonyl (C=O) groups is 4. The Bertz CT molecular complexity index is 2550. The number of pyridine rings is 1. The molecule has 21 heteroatoms. The zero-order valence-electron chi connectivity index (χ0n) is 39.9. The molecule has 3 aliphatic heterocycles. The standard InChI is InChI=1S/C49H61F3N6O10S2/c1-6-31-22-30(4)10-7-8-11-33-26-48(33,44(61)57-70(63,64)46(5)17-18-46)56-41(59)39-25-36(27-58(39)43(60)40(31)55-45(62)68-47(49(50,51)52)16-9-20-65-28-47)67-35-23-37(54-38(24-35)42-53-19-21-69-42)32-12-14-34(15-13-32)66-29(2)3/h8,11-15,19,21,23-24,29-31,33,36,39-40H,6-7,9-10,16-18,20,22,25-28H2,1-5H3,(H,55,62)(H,56,59)(H,57,61)/b11-8-/t30-,31-,33-,36-,39+,40+,47?,48-/m1/s1. The molecule has 0 radical (unpaired) electrons. The summed E-state index contributed by atoms with van der Waals surface area (Å²) in [5, 5.41) is 7.78. The Morgan fingerprint density at radius 1 is 1.07 bits per heavy atom. The number of alkyl halides is 3. The fourth-order valence-electron chi connectivity index (χ4n) is 9.63. The van der Waals surface area contributed by atoms with Crippen molar-refractivity contribution in [2.24, 2.45) is 17.8 Å². The van der Waals surface area contributed by atoms with Crippen LogP contribution in [0.5, 0.6) is 11.5 Å². The number of amides is 4. The van der Waals surface area contributed by atoms with E-state index >= 15 is 4.79 Å². The van der Waals surface area contributed by atoms with Gasteiger partial charge in [0.15, 0.2) is 0 Å². The van der Waals surface area contributed by atoms with Crippen molar-refractivity contribution >= 4 is 45.2 Å². The Morgan fingerprint density at radius 3 is 2.46 bits per heavy atom. The van der Waals surface area contributed by atoms with Gasteiger partial charge in [-0.3, -0.25) is 19.1 Å². The maximum Gasteiger partial charge on any atom is 0.430 e. The molecule has 3 aromatic rings. The molecule has 4 fully saturated rings. The van der Waals surface area contributed by atoms with Crippen molar-refractivity contribution in [2.45, 2.75) is 145 Å². The zero-order chi connectivity index (χ0) is 50.2. The number of fused-ring (bicyclic) bond motifs is 2. The maximum atomic E-state index is 15.3. The molecule has 2 aliphatic carbocycles. The number of hydrogen-bond acceptors (Lipinski definition) is 13. The molecule has 0 spiro atoms. The van der Waals surface area contributed by atoms with E-state index in [4.69, 9.17) is 23.9 Å². The van der Waals surface area contributed by atoms with Crippen LogP contribution < -0.4 is 24.8 Å². The lowest BCUT2D eigenvalue weighted by Gasteiger charge is -2.39. The minimum Gasteiger partial charge on any atom is -0.491 e. The Morgan fingerprint density at radius 2 is 1.81 bits per heavy atom. The molecule has 4 amide bonds. The quantitative estimate of drug-likeness (QED) is 0.151. The van der Waals surface area contributed by atoms with Crippen molar-refractivity contribution < 1.29 is 59.7 Å². The summed E-state index contributed by atoms with van der Waals surface area (Å²) >= 11 is 1.36. The molecular formula is C49H61F3N6O10S2. The van der Waals surface area contributed by atoms with Gasteiger partial charge in [-0.05, 0) is 102 Å². The van der Waals surface area contributed by atoms with Crippen LogP contribution in [0.3, 0.4) is 0 Å². The van der Waals surface area contributed by atoms with Crippen molar-refractivity contribution in [3.05, 3.63) is 60.1 Å². The number of hydrogen-bond donors (Lipinski definition) is 3. The molecule has 5 aliphatic rings. The molecule has 0 bridgehead atoms. The summed E-state index contributed by atoms with van der Waals surface area (Å²) in [6.45, 7) is 8.09. The second-order valence-electron chi connectivity index (χ2n) is 19.9. The smallest absolute Gasteiger partial charge is 0.430 e. The van der Waals surface area contributed by atoms with Crippen LogP contribution in [0.4, 0.5) is 18.0 Å². The Hall–Kier alpha value is -5.28. The van der Waals surface area contributed by atoms with Gasteiger partial charge in [-0.25, -0.2) is 23.2 Å². The number of alkyl carbamates (subject to hydrolysis) is 1. The lowest BCUT2D eigenvalue weighted by Crippen LogP contribution is -2.61. The Kier molecular flexibility index (Phi) is 14.7. The monoisotopic (exact) mass is 1010 g/mol. The summed E-state index contributed by atoms with van der Waals surface area (Å²) < 4.78 is 94.6. The summed E-state index contributed by atoms with van der Waals surface area (Å²) in [6, 6.07) is 7.95. The first-order valence-corrected chi connectivity index (χ1v) is 26.4. The van der Waals surface area contributed by atoms with E-state index in [0.717, 1.165) is 5.56 Å². The van der Waals surface area contributed by atoms with Crippen molar-refractivity contribution in [3.63, 3.8) is 0 Å². The number of aromatic nitrogens is 2. The Labute approximate surface area is 409 Å². The highest BCUT2D eigenvalue weighted by Crippen LogP contribution is 2.48. The van der Waals surface area contributed by atoms with E-state index < -0.39 is 99.0 Å². The van der Waals surface area contributed by atoms with Gasteiger partial charge in [-0.15, -0.1) is 11.3 Å². The minimum atomic E-state index is -4.98. The fourth-order valence-corrected chi connectivity index (χ4v) is 11.5. The predicted octanol–water partition coefficient (Wildman–Crippen LogP) is 7.49. The first kappa shape index (κ1) is 51.1. The molecule has 2 saturated heterocycles. The second kappa shape index (κ2) is 20.1. The number of nitrogens with zero attached hydrogens (tertiary/aromatic N) is 3. The maximum absolute atomic E-state index is 15.3. The molecule has 8 atom stereocenters. The SMILES string of the molecule is CC[C@@H]1C[C@H](C)CC/C=C\[C@@H]2C[C@@]2(C(=O)NS(=O)(=O)C2(C)CC2)NC(=O)[C@@H]2C[C@@H](Oc3cc(-c4ccc(OC(C)C)cc4)nc(-c4nccs4)c3)CN2C(=O)[C@H]1NC(=O)OC1(C(F)(F)F)CCCOC1. The van der Waals surface area contributed by atoms with Gasteiger partial charge in [0.1, 0.15) is 45.9 Å². The molecular weight excluding hydrogens is 954 g/mol. The summed E-state index contributed by atoms with van der Waals surface area (Å²) in [4.78, 5) is 68.8. The number of thiazole rings is 1. The fraction of sp³-hybridized carbons (Fsp3) is 0.592. The largest absolute Gasteiger partial charge is 0.491 e. The van der Waals surface area contributed by atoms with Gasteiger partial charge in [0.2, 0.25) is 27.4 Å². The van der Waals surface area contributed by atoms with Crippen LogP contribution >= 0.6 is 11.3 Å². The van der Waals surface area contributed by atoms with E-state index in [1.165, 1.54) is 16.2 Å². The van der Waals surface area contributed by atoms with Crippen molar-refractivity contribution in [3.8, 4) is 33.5 Å². The van der Waals surface area contributed by atoms with Crippen LogP contribution in [0, 0.1) is 17.8 Å². The number of carbonyl (C=O) groups excluding carboxylic acids is 4. The summed E-state index contributed by atoms with van der Waals surface area (Å²) in [7, 11) is -4.11. The van der Waals surface area contributed by atoms with E-state index in [-0.39, 0.29) is 44.4 Å². The molecule has 5 heterocycles. The molecule has 2 saturated carbocycles. The zero-order valence-corrected chi connectivity index (χ0v) is 41.5. The molecule has 2 aromatic heterocycles. The lowest BCUT2D eigenvalue weighted by molar-refractivity contribution is -0.285. The molecule has 3 N–H and O–H groups in total. The minimum absolute atomic E-state index is 0.0138. The lowest BCUT2D eigenvalue weighted by atomic mass is 9.85. The van der Waals surface area contributed by atoms with E-state index in [1.54, 1.807) is 36.7 Å². The molecule has 16 nitrogen and oxygen atoms in total. The molecule has 1 unspecified atom stereocenters. The molecule has 380 valence electrons. The first-order chi connectivity index (χ1) is 33.1. The van der Waals surface area contributed by atoms with Crippen molar-refractivity contribution in [2.75, 3.05) is 19.8 Å². The number of ether oxygens (including phenoxy) is 4. The third-order valence-corrected chi connectivity index (χ3v) is 17.1. The number of rotatable bonds is 12. The third-order valence-electron chi connectivity index (χ3n) is 14.2. The molecule has 70 heavy (non-hydrogen) atoms. The highest BCUT2D eigenvalue weighted by Gasteiger charge is 2.63. The van der Waals surface area contributed by atoms with Crippen LogP contribution in [0.15, 0.2) is 60.1 Å². The predicted molar refractivity (Wildman–Crippen MR) is 253 cm³/mol. The molecule has 1 aromatic carbocycles. The third kappa shape index (κ3) is 10.9. The highest BCUT2D eigenvalue weighted by atomic mass is 32.2. The Balaban J connectivity index is 1.15. The second-order valence-corrected chi connectivity index (χ2v) is 23.0. The molecule has 8 rings (SSSR count). The van der Waals surface area contributed by atoms with Gasteiger partial charge in [0, 0.05) is 54.6 Å². The van der Waals surface area contributed by atoms with Crippen LogP contribution in [-0.4, -0.2) is 113 Å². The van der Waals surface area contributed by atoms with Gasteiger partial charge in [-0.2, -0.15) is 13.2 Å². The first-order valence-electron chi connectivity index (χ1n) is 24.0. The van der Waals surface area contributed by atoms with Crippen LogP contribution in [0.1, 0.15) is 98.8 Å². The highest BCUT2D eigenvalue weighted by molar-refractivity contribution is 7.91. The van der Waals surface area contributed by atoms with E-state index in [0.29, 0.717) is 66.4 Å². The van der Waals surface area contributed by atoms with Gasteiger partial charge in [0.05, 0.1) is 29.7 Å². The normalized spacial score (nSPS) is 29.6. The average molecular weight is 1020 g/mol. The summed E-state index contributed by atoms with van der Waals surface area (Å²) in [5.41, 5.74) is -2.87. The number of nitrogens with one attached hydrogen (secondary N) is 3. The summed E-state index contributed by atoms with van der Waals surface area (Å²) in [6.07, 6.45) is -0.0908. The van der Waals surface area contributed by atoms with Crippen LogP contribution in [0.2, 0.25) is 0 Å². The van der Waals surface area contributed by atoms with E-state index in [1.807, 2.05) is 58.0 Å². The van der Waals surface area contributed by atoms with Gasteiger partial charge >= 0.3 is 12.3 Å². The van der Waals surface area contributed by atoms with E-state index in [9.17, 15) is 36.0 Å². The average Bonchev–Trinajstić information content (AvgIpc) is 4.06. The van der Waals surface area contributed by atoms with Crippen LogP contribution in [-0.2, 0) is 33.9 Å². The number of benzene rings is 1. The summed E-state index contributed by atoms with van der Waals surface area (Å²) in [5.74, 6) is -2.71. The van der Waals surface area contributed by atoms with Gasteiger partial charge in [-0.1, -0.05) is 32.4 Å². The van der Waals surface area contributed by atoms with Gasteiger partial charge in [0.25, 0.3) is 5.91 Å². The van der Waals surface area contributed by atoms with Crippen molar-refractivity contribution in [1.29, 1.82) is 0 Å². The van der Waals surface area contributed by atoms with Crippen molar-refractivity contribution in [1.82, 2.24) is 30.2 Å².